The Hall–Kier alpha value is -1.60. The summed E-state index contributed by atoms with van der Waals surface area (Å²) in [7, 11) is 0. The van der Waals surface area contributed by atoms with Crippen LogP contribution in [-0.4, -0.2) is 60.3 Å². The summed E-state index contributed by atoms with van der Waals surface area (Å²) in [5.74, 6) is 0.833. The summed E-state index contributed by atoms with van der Waals surface area (Å²) in [6.45, 7) is 11.1. The van der Waals surface area contributed by atoms with E-state index in [1.165, 1.54) is 5.69 Å². The van der Waals surface area contributed by atoms with Gasteiger partial charge in [-0.2, -0.15) is 5.10 Å². The molecule has 3 N–H and O–H groups in total. The predicted molar refractivity (Wildman–Crippen MR) is 99.9 cm³/mol. The van der Waals surface area contributed by atoms with Crippen molar-refractivity contribution in [3.63, 3.8) is 0 Å². The molecule has 1 atom stereocenters. The summed E-state index contributed by atoms with van der Waals surface area (Å²) in [4.78, 5) is 4.73. The van der Waals surface area contributed by atoms with Gasteiger partial charge in [-0.15, -0.1) is 0 Å². The summed E-state index contributed by atoms with van der Waals surface area (Å²) in [5, 5.41) is 20.5. The summed E-state index contributed by atoms with van der Waals surface area (Å²) < 4.78 is 7.58. The van der Waals surface area contributed by atoms with Crippen LogP contribution in [-0.2, 0) is 11.3 Å². The smallest absolute Gasteiger partial charge is 0.191 e. The Morgan fingerprint density at radius 2 is 2.28 bits per heavy atom. The van der Waals surface area contributed by atoms with Crippen molar-refractivity contribution in [3.05, 3.63) is 17.5 Å². The molecular formula is C18H33N5O2. The lowest BCUT2D eigenvalue weighted by Crippen LogP contribution is -2.39. The maximum Gasteiger partial charge on any atom is 0.191 e. The predicted octanol–water partition coefficient (Wildman–Crippen LogP) is 1.23. The summed E-state index contributed by atoms with van der Waals surface area (Å²) in [5.41, 5.74) is 2.25. The summed E-state index contributed by atoms with van der Waals surface area (Å²) in [6, 6.07) is 2.10. The quantitative estimate of drug-likeness (QED) is 0.354. The number of hydrogen-bond donors (Lipinski definition) is 3. The van der Waals surface area contributed by atoms with Crippen LogP contribution >= 0.6 is 0 Å². The minimum atomic E-state index is -0.0131. The van der Waals surface area contributed by atoms with E-state index in [4.69, 9.17) is 9.73 Å². The van der Waals surface area contributed by atoms with Gasteiger partial charge in [-0.05, 0) is 46.1 Å². The molecule has 1 unspecified atom stereocenters. The lowest BCUT2D eigenvalue weighted by atomic mass is 9.84. The number of aliphatic hydroxyl groups is 1. The Bertz CT molecular complexity index is 550. The van der Waals surface area contributed by atoms with Gasteiger partial charge in [0.25, 0.3) is 0 Å². The van der Waals surface area contributed by atoms with Gasteiger partial charge < -0.3 is 20.5 Å². The molecule has 0 aromatic carbocycles. The second-order valence-electron chi connectivity index (χ2n) is 6.90. The number of aliphatic imine (C=N–C) groups is 1. The standard InChI is InChI=1S/C18H33N5O2/c1-4-19-17(21-13-18(6-10-24)7-11-25-14-18)20-8-5-9-23-16(3)12-15(2)22-23/h12,24H,4-11,13-14H2,1-3H3,(H2,19,20,21). The number of guanidine groups is 1. The van der Waals surface area contributed by atoms with Gasteiger partial charge in [-0.1, -0.05) is 0 Å². The maximum atomic E-state index is 9.32. The highest BCUT2D eigenvalue weighted by atomic mass is 16.5. The third-order valence-corrected chi connectivity index (χ3v) is 4.69. The molecule has 1 aromatic heterocycles. The Labute approximate surface area is 150 Å². The minimum Gasteiger partial charge on any atom is -0.396 e. The van der Waals surface area contributed by atoms with Gasteiger partial charge in [0, 0.05) is 44.0 Å². The fourth-order valence-electron chi connectivity index (χ4n) is 3.21. The zero-order chi connectivity index (χ0) is 18.1. The molecule has 7 heteroatoms. The van der Waals surface area contributed by atoms with Crippen LogP contribution in [0.5, 0.6) is 0 Å². The molecule has 2 heterocycles. The van der Waals surface area contributed by atoms with Gasteiger partial charge in [0.1, 0.15) is 0 Å². The molecule has 1 aliphatic rings. The van der Waals surface area contributed by atoms with Crippen molar-refractivity contribution >= 4 is 5.96 Å². The average molecular weight is 351 g/mol. The van der Waals surface area contributed by atoms with Crippen molar-refractivity contribution in [1.82, 2.24) is 20.4 Å². The van der Waals surface area contributed by atoms with Gasteiger partial charge in [-0.25, -0.2) is 0 Å². The third-order valence-electron chi connectivity index (χ3n) is 4.69. The largest absolute Gasteiger partial charge is 0.396 e. The molecule has 0 spiro atoms. The first kappa shape index (κ1) is 19.7. The van der Waals surface area contributed by atoms with E-state index in [0.29, 0.717) is 13.2 Å². The summed E-state index contributed by atoms with van der Waals surface area (Å²) >= 11 is 0. The van der Waals surface area contributed by atoms with Gasteiger partial charge >= 0.3 is 0 Å². The average Bonchev–Trinajstić information content (AvgIpc) is 3.16. The SMILES string of the molecule is CCNC(=NCC1(CCO)CCOC1)NCCCn1nc(C)cc1C. The van der Waals surface area contributed by atoms with Crippen LogP contribution in [0.2, 0.25) is 0 Å². The fourth-order valence-corrected chi connectivity index (χ4v) is 3.21. The first-order valence-electron chi connectivity index (χ1n) is 9.30. The van der Waals surface area contributed by atoms with Crippen molar-refractivity contribution in [2.24, 2.45) is 10.4 Å². The second kappa shape index (κ2) is 9.77. The third kappa shape index (κ3) is 6.01. The van der Waals surface area contributed by atoms with Crippen molar-refractivity contribution in [2.75, 3.05) is 39.5 Å². The van der Waals surface area contributed by atoms with Gasteiger partial charge in [-0.3, -0.25) is 9.67 Å². The Morgan fingerprint density at radius 3 is 2.88 bits per heavy atom. The molecule has 0 aliphatic carbocycles. The Balaban J connectivity index is 1.81. The molecule has 1 aromatic rings. The van der Waals surface area contributed by atoms with Crippen LogP contribution in [0.1, 0.15) is 37.6 Å². The Morgan fingerprint density at radius 1 is 1.44 bits per heavy atom. The number of rotatable bonds is 9. The minimum absolute atomic E-state index is 0.0131. The van der Waals surface area contributed by atoms with Crippen molar-refractivity contribution < 1.29 is 9.84 Å². The van der Waals surface area contributed by atoms with E-state index in [1.807, 2.05) is 11.6 Å². The molecule has 2 rings (SSSR count). The van der Waals surface area contributed by atoms with Crippen LogP contribution < -0.4 is 10.6 Å². The van der Waals surface area contributed by atoms with Gasteiger partial charge in [0.05, 0.1) is 18.8 Å². The zero-order valence-electron chi connectivity index (χ0n) is 15.8. The van der Waals surface area contributed by atoms with E-state index < -0.39 is 0 Å². The monoisotopic (exact) mass is 351 g/mol. The lowest BCUT2D eigenvalue weighted by molar-refractivity contribution is 0.131. The lowest BCUT2D eigenvalue weighted by Gasteiger charge is -2.24. The number of nitrogens with zero attached hydrogens (tertiary/aromatic N) is 3. The number of ether oxygens (including phenoxy) is 1. The molecular weight excluding hydrogens is 318 g/mol. The van der Waals surface area contributed by atoms with E-state index in [1.54, 1.807) is 0 Å². The van der Waals surface area contributed by atoms with Crippen LogP contribution in [0.15, 0.2) is 11.1 Å². The highest BCUT2D eigenvalue weighted by Crippen LogP contribution is 2.32. The molecule has 0 saturated carbocycles. The van der Waals surface area contributed by atoms with Crippen molar-refractivity contribution in [2.45, 2.75) is 46.6 Å². The molecule has 25 heavy (non-hydrogen) atoms. The maximum absolute atomic E-state index is 9.32. The number of aryl methyl sites for hydroxylation is 3. The van der Waals surface area contributed by atoms with E-state index in [2.05, 4.69) is 35.6 Å². The molecule has 0 amide bonds. The number of nitrogens with one attached hydrogen (secondary N) is 2. The van der Waals surface area contributed by atoms with Gasteiger partial charge in [0.15, 0.2) is 5.96 Å². The van der Waals surface area contributed by atoms with E-state index in [-0.39, 0.29) is 12.0 Å². The highest BCUT2D eigenvalue weighted by Gasteiger charge is 2.34. The van der Waals surface area contributed by atoms with Crippen LogP contribution in [0.3, 0.4) is 0 Å². The van der Waals surface area contributed by atoms with Gasteiger partial charge in [0.2, 0.25) is 0 Å². The normalized spacial score (nSPS) is 20.9. The molecule has 0 radical (unpaired) electrons. The topological polar surface area (TPSA) is 83.7 Å². The van der Waals surface area contributed by atoms with Crippen LogP contribution in [0.4, 0.5) is 0 Å². The van der Waals surface area contributed by atoms with Crippen molar-refractivity contribution in [3.8, 4) is 0 Å². The number of hydrogen-bond acceptors (Lipinski definition) is 4. The molecule has 142 valence electrons. The first-order valence-corrected chi connectivity index (χ1v) is 9.30. The van der Waals surface area contributed by atoms with Crippen molar-refractivity contribution in [1.29, 1.82) is 0 Å². The fraction of sp³-hybridized carbons (Fsp3) is 0.778. The molecule has 7 nitrogen and oxygen atoms in total. The second-order valence-corrected chi connectivity index (χ2v) is 6.90. The van der Waals surface area contributed by atoms with Crippen LogP contribution in [0.25, 0.3) is 0 Å². The Kier molecular flexibility index (Phi) is 7.71. The van der Waals surface area contributed by atoms with E-state index >= 15 is 0 Å². The molecule has 1 fully saturated rings. The molecule has 1 saturated heterocycles. The number of aliphatic hydroxyl groups excluding tert-OH is 1. The highest BCUT2D eigenvalue weighted by molar-refractivity contribution is 5.79. The molecule has 0 bridgehead atoms. The first-order chi connectivity index (χ1) is 12.1. The number of aromatic nitrogens is 2. The molecule has 1 aliphatic heterocycles. The van der Waals surface area contributed by atoms with E-state index in [9.17, 15) is 5.11 Å². The summed E-state index contributed by atoms with van der Waals surface area (Å²) in [6.07, 6.45) is 2.69. The van der Waals surface area contributed by atoms with Crippen LogP contribution in [0, 0.1) is 19.3 Å². The zero-order valence-corrected chi connectivity index (χ0v) is 15.8. The van der Waals surface area contributed by atoms with E-state index in [0.717, 1.165) is 57.2 Å².